The van der Waals surface area contributed by atoms with E-state index in [1.165, 1.54) is 12.8 Å². The number of hydrogen-bond acceptors (Lipinski definition) is 3. The maximum Gasteiger partial charge on any atom is 0.224 e. The summed E-state index contributed by atoms with van der Waals surface area (Å²) in [5.74, 6) is 0.866. The molecule has 20 heavy (non-hydrogen) atoms. The van der Waals surface area contributed by atoms with Crippen LogP contribution in [0.25, 0.3) is 0 Å². The van der Waals surface area contributed by atoms with Crippen molar-refractivity contribution in [1.82, 2.24) is 10.2 Å². The summed E-state index contributed by atoms with van der Waals surface area (Å²) < 4.78 is 5.16. The molecule has 1 aliphatic rings. The molecule has 0 bridgehead atoms. The minimum Gasteiger partial charge on any atom is -0.497 e. The zero-order valence-corrected chi connectivity index (χ0v) is 12.4. The zero-order valence-electron chi connectivity index (χ0n) is 12.4. The average Bonchev–Trinajstić information content (AvgIpc) is 2.99. The second-order valence-corrected chi connectivity index (χ2v) is 5.42. The van der Waals surface area contributed by atoms with Gasteiger partial charge in [0.15, 0.2) is 0 Å². The first-order valence-electron chi connectivity index (χ1n) is 7.32. The van der Waals surface area contributed by atoms with Gasteiger partial charge in [0, 0.05) is 12.6 Å². The minimum atomic E-state index is 0.0734. The summed E-state index contributed by atoms with van der Waals surface area (Å²) in [6.45, 7) is 5.22. The summed E-state index contributed by atoms with van der Waals surface area (Å²) in [5, 5.41) is 3.02. The van der Waals surface area contributed by atoms with Gasteiger partial charge in [0.05, 0.1) is 13.5 Å². The van der Waals surface area contributed by atoms with Crippen LogP contribution in [0.4, 0.5) is 0 Å². The lowest BCUT2D eigenvalue weighted by Crippen LogP contribution is -2.41. The summed E-state index contributed by atoms with van der Waals surface area (Å²) in [5.41, 5.74) is 0.982. The fraction of sp³-hybridized carbons (Fsp3) is 0.562. The van der Waals surface area contributed by atoms with Crippen molar-refractivity contribution >= 4 is 5.91 Å². The van der Waals surface area contributed by atoms with Crippen molar-refractivity contribution in [3.8, 4) is 5.75 Å². The van der Waals surface area contributed by atoms with Gasteiger partial charge >= 0.3 is 0 Å². The van der Waals surface area contributed by atoms with Crippen LogP contribution in [0.15, 0.2) is 24.3 Å². The molecule has 0 spiro atoms. The number of carbonyl (C=O) groups is 1. The fourth-order valence-corrected chi connectivity index (χ4v) is 2.60. The van der Waals surface area contributed by atoms with Gasteiger partial charge in [0.2, 0.25) is 5.91 Å². The molecule has 4 heteroatoms. The molecule has 0 aromatic heterocycles. The third-order valence-electron chi connectivity index (χ3n) is 3.86. The highest BCUT2D eigenvalue weighted by Crippen LogP contribution is 2.13. The highest BCUT2D eigenvalue weighted by Gasteiger charge is 2.18. The Bertz CT molecular complexity index is 442. The van der Waals surface area contributed by atoms with Crippen LogP contribution in [0.2, 0.25) is 0 Å². The Morgan fingerprint density at radius 2 is 2.15 bits per heavy atom. The number of carbonyl (C=O) groups excluding carboxylic acids is 1. The quantitative estimate of drug-likeness (QED) is 0.862. The van der Waals surface area contributed by atoms with Crippen molar-refractivity contribution in [3.05, 3.63) is 29.8 Å². The van der Waals surface area contributed by atoms with Gasteiger partial charge in [-0.3, -0.25) is 9.69 Å². The largest absolute Gasteiger partial charge is 0.497 e. The first-order chi connectivity index (χ1) is 9.69. The van der Waals surface area contributed by atoms with Crippen molar-refractivity contribution in [2.45, 2.75) is 32.2 Å². The molecule has 1 aliphatic heterocycles. The Kier molecular flexibility index (Phi) is 5.41. The van der Waals surface area contributed by atoms with Gasteiger partial charge in [-0.2, -0.15) is 0 Å². The van der Waals surface area contributed by atoms with Crippen molar-refractivity contribution in [3.63, 3.8) is 0 Å². The summed E-state index contributed by atoms with van der Waals surface area (Å²) in [7, 11) is 1.64. The van der Waals surface area contributed by atoms with Crippen LogP contribution in [0.3, 0.4) is 0 Å². The van der Waals surface area contributed by atoms with Crippen LogP contribution in [0.5, 0.6) is 5.75 Å². The van der Waals surface area contributed by atoms with Crippen LogP contribution in [-0.4, -0.2) is 43.6 Å². The molecule has 1 atom stereocenters. The maximum absolute atomic E-state index is 12.0. The number of amides is 1. The van der Waals surface area contributed by atoms with E-state index in [-0.39, 0.29) is 5.91 Å². The van der Waals surface area contributed by atoms with Gasteiger partial charge in [-0.05, 0) is 50.6 Å². The van der Waals surface area contributed by atoms with Crippen LogP contribution < -0.4 is 10.1 Å². The molecule has 0 aliphatic carbocycles. The monoisotopic (exact) mass is 276 g/mol. The first-order valence-corrected chi connectivity index (χ1v) is 7.32. The Morgan fingerprint density at radius 3 is 2.85 bits per heavy atom. The topological polar surface area (TPSA) is 41.6 Å². The van der Waals surface area contributed by atoms with E-state index in [1.54, 1.807) is 7.11 Å². The van der Waals surface area contributed by atoms with E-state index in [9.17, 15) is 4.79 Å². The van der Waals surface area contributed by atoms with Crippen molar-refractivity contribution in [1.29, 1.82) is 0 Å². The van der Waals surface area contributed by atoms with Crippen molar-refractivity contribution < 1.29 is 9.53 Å². The molecule has 110 valence electrons. The number of methoxy groups -OCH3 is 1. The maximum atomic E-state index is 12.0. The fourth-order valence-electron chi connectivity index (χ4n) is 2.60. The molecular formula is C16H24N2O2. The van der Waals surface area contributed by atoms with E-state index in [0.717, 1.165) is 30.9 Å². The van der Waals surface area contributed by atoms with Crippen molar-refractivity contribution in [2.24, 2.45) is 0 Å². The molecule has 2 rings (SSSR count). The molecule has 1 aromatic rings. The van der Waals surface area contributed by atoms with Crippen LogP contribution >= 0.6 is 0 Å². The van der Waals surface area contributed by atoms with Gasteiger partial charge in [-0.1, -0.05) is 12.1 Å². The molecule has 1 saturated heterocycles. The third-order valence-corrected chi connectivity index (χ3v) is 3.86. The summed E-state index contributed by atoms with van der Waals surface area (Å²) >= 11 is 0. The van der Waals surface area contributed by atoms with E-state index >= 15 is 0 Å². The van der Waals surface area contributed by atoms with Crippen LogP contribution in [0, 0.1) is 0 Å². The summed E-state index contributed by atoms with van der Waals surface area (Å²) in [6.07, 6.45) is 2.97. The zero-order chi connectivity index (χ0) is 14.4. The lowest BCUT2D eigenvalue weighted by molar-refractivity contribution is -0.120. The molecule has 0 saturated carbocycles. The highest BCUT2D eigenvalue weighted by atomic mass is 16.5. The van der Waals surface area contributed by atoms with Crippen LogP contribution in [-0.2, 0) is 11.2 Å². The molecule has 1 amide bonds. The SMILES string of the molecule is COc1cccc(CC(=O)NC[C@@H](C)N2CCCC2)c1. The average molecular weight is 276 g/mol. The van der Waals surface area contributed by atoms with Gasteiger partial charge in [0.1, 0.15) is 5.75 Å². The lowest BCUT2D eigenvalue weighted by Gasteiger charge is -2.23. The molecule has 1 fully saturated rings. The van der Waals surface area contributed by atoms with Gasteiger partial charge in [-0.25, -0.2) is 0 Å². The second-order valence-electron chi connectivity index (χ2n) is 5.42. The number of rotatable bonds is 6. The third kappa shape index (κ3) is 4.23. The molecule has 0 radical (unpaired) electrons. The smallest absolute Gasteiger partial charge is 0.224 e. The number of benzene rings is 1. The van der Waals surface area contributed by atoms with Gasteiger partial charge in [-0.15, -0.1) is 0 Å². The Morgan fingerprint density at radius 1 is 1.40 bits per heavy atom. The van der Waals surface area contributed by atoms with E-state index in [4.69, 9.17) is 4.74 Å². The molecular weight excluding hydrogens is 252 g/mol. The summed E-state index contributed by atoms with van der Waals surface area (Å²) in [6, 6.07) is 8.08. The number of ether oxygens (including phenoxy) is 1. The van der Waals surface area contributed by atoms with Crippen molar-refractivity contribution in [2.75, 3.05) is 26.7 Å². The van der Waals surface area contributed by atoms with E-state index < -0.39 is 0 Å². The van der Waals surface area contributed by atoms with Gasteiger partial charge < -0.3 is 10.1 Å². The number of nitrogens with zero attached hydrogens (tertiary/aromatic N) is 1. The van der Waals surface area contributed by atoms with E-state index in [2.05, 4.69) is 17.1 Å². The molecule has 0 unspecified atom stereocenters. The molecule has 1 aromatic carbocycles. The lowest BCUT2D eigenvalue weighted by atomic mass is 10.1. The molecule has 1 heterocycles. The highest BCUT2D eigenvalue weighted by molar-refractivity contribution is 5.78. The normalized spacial score (nSPS) is 16.9. The standard InChI is InChI=1S/C16H24N2O2/c1-13(18-8-3-4-9-18)12-17-16(19)11-14-6-5-7-15(10-14)20-2/h5-7,10,13H,3-4,8-9,11-12H2,1-2H3,(H,17,19)/t13-/m1/s1. The number of likely N-dealkylation sites (tertiary alicyclic amines) is 1. The van der Waals surface area contributed by atoms with Crippen LogP contribution in [0.1, 0.15) is 25.3 Å². The van der Waals surface area contributed by atoms with Gasteiger partial charge in [0.25, 0.3) is 0 Å². The Hall–Kier alpha value is -1.55. The van der Waals surface area contributed by atoms with E-state index in [1.807, 2.05) is 24.3 Å². The predicted octanol–water partition coefficient (Wildman–Crippen LogP) is 1.84. The summed E-state index contributed by atoms with van der Waals surface area (Å²) in [4.78, 5) is 14.4. The Balaban J connectivity index is 1.76. The Labute approximate surface area is 121 Å². The number of nitrogens with one attached hydrogen (secondary N) is 1. The first kappa shape index (κ1) is 14.9. The number of hydrogen-bond donors (Lipinski definition) is 1. The second kappa shape index (κ2) is 7.29. The van der Waals surface area contributed by atoms with E-state index in [0.29, 0.717) is 12.5 Å². The predicted molar refractivity (Wildman–Crippen MR) is 80.0 cm³/mol. The molecule has 4 nitrogen and oxygen atoms in total. The molecule has 1 N–H and O–H groups in total. The minimum absolute atomic E-state index is 0.0734.